The Balaban J connectivity index is 0.000000293. The number of benzene rings is 4. The molecule has 4 aromatic carbocycles. The Hall–Kier alpha value is -2.73. The van der Waals surface area contributed by atoms with Crippen molar-refractivity contribution in [3.8, 4) is 11.1 Å². The average molecular weight is 809 g/mol. The van der Waals surface area contributed by atoms with Crippen LogP contribution >= 0.6 is 24.8 Å². The molecule has 0 unspecified atom stereocenters. The number of allylic oxidation sites excluding steroid dienone is 4. The van der Waals surface area contributed by atoms with Crippen molar-refractivity contribution in [2.24, 2.45) is 0 Å². The summed E-state index contributed by atoms with van der Waals surface area (Å²) in [4.78, 5) is 0. The van der Waals surface area contributed by atoms with Crippen LogP contribution < -0.4 is 0 Å². The molecule has 0 heterocycles. The van der Waals surface area contributed by atoms with Gasteiger partial charge in [0.05, 0.1) is 0 Å². The van der Waals surface area contributed by atoms with Gasteiger partial charge < -0.3 is 0 Å². The number of halogens is 8. The molecule has 0 spiro atoms. The van der Waals surface area contributed by atoms with Crippen molar-refractivity contribution in [3.63, 3.8) is 0 Å². The zero-order valence-corrected chi connectivity index (χ0v) is 32.8. The van der Waals surface area contributed by atoms with E-state index in [2.05, 4.69) is 90.1 Å². The summed E-state index contributed by atoms with van der Waals surface area (Å²) in [6.07, 6.45) is 2.06. The minimum Gasteiger partial charge on any atom is -0.273 e. The van der Waals surface area contributed by atoms with E-state index < -0.39 is 23.5 Å². The summed E-state index contributed by atoms with van der Waals surface area (Å²) >= 11 is 0.729. The average Bonchev–Trinajstić information content (AvgIpc) is 3.71. The second-order valence-electron chi connectivity index (χ2n) is 13.9. The minimum atomic E-state index is -4.49. The van der Waals surface area contributed by atoms with Gasteiger partial charge in [0.2, 0.25) is 0 Å². The maximum Gasteiger partial charge on any atom is -0.109 e. The van der Waals surface area contributed by atoms with E-state index in [9.17, 15) is 26.3 Å². The first-order chi connectivity index (χ1) is 22.2. The normalized spacial score (nSPS) is 13.1. The SMILES string of the molecule is CC(C)(C)c1c[c-]c2c(c1)-c1cc(C(C)(C)C)ccc1C2.Cl.Cl.FC(F)(F)c1cccc([C](=[Zr+2])c2cccc(C(F)(F)F)c2)c1.[C-]1=CC=CC1. The number of rotatable bonds is 2. The van der Waals surface area contributed by atoms with E-state index >= 15 is 0 Å². The van der Waals surface area contributed by atoms with Crippen LogP contribution in [0.2, 0.25) is 0 Å². The molecule has 9 heteroatoms. The fourth-order valence-electron chi connectivity index (χ4n) is 5.19. The molecule has 0 radical (unpaired) electrons. The molecule has 264 valence electrons. The molecule has 0 amide bonds. The number of fused-ring (bicyclic) bond motifs is 3. The van der Waals surface area contributed by atoms with Gasteiger partial charge in [0.25, 0.3) is 0 Å². The molecule has 0 atom stereocenters. The van der Waals surface area contributed by atoms with E-state index in [0.29, 0.717) is 3.21 Å². The monoisotopic (exact) mass is 806 g/mol. The molecule has 0 bridgehead atoms. The number of alkyl halides is 6. The third kappa shape index (κ3) is 11.4. The van der Waals surface area contributed by atoms with E-state index in [0.717, 1.165) is 61.3 Å². The van der Waals surface area contributed by atoms with Gasteiger partial charge in [-0.05, 0) is 17.4 Å². The second-order valence-corrected chi connectivity index (χ2v) is 15.1. The molecule has 2 aliphatic carbocycles. The van der Waals surface area contributed by atoms with Crippen molar-refractivity contribution >= 4 is 28.0 Å². The Labute approximate surface area is 319 Å². The molecule has 0 nitrogen and oxygen atoms in total. The first kappa shape index (κ1) is 43.4. The molecular weight excluding hydrogens is 769 g/mol. The quantitative estimate of drug-likeness (QED) is 0.123. The van der Waals surface area contributed by atoms with Crippen LogP contribution in [0, 0.1) is 12.1 Å². The van der Waals surface area contributed by atoms with Crippen molar-refractivity contribution in [2.75, 3.05) is 0 Å². The predicted octanol–water partition coefficient (Wildman–Crippen LogP) is 12.6. The predicted molar refractivity (Wildman–Crippen MR) is 193 cm³/mol. The van der Waals surface area contributed by atoms with Crippen LogP contribution in [0.15, 0.2) is 97.1 Å². The first-order valence-electron chi connectivity index (χ1n) is 15.6. The van der Waals surface area contributed by atoms with Crippen LogP contribution in [0.5, 0.6) is 0 Å². The molecule has 2 aliphatic rings. The summed E-state index contributed by atoms with van der Waals surface area (Å²) in [6, 6.07) is 24.2. The smallest absolute Gasteiger partial charge is 0.109 e. The van der Waals surface area contributed by atoms with Crippen LogP contribution in [0.25, 0.3) is 11.1 Å². The van der Waals surface area contributed by atoms with Crippen LogP contribution in [0.3, 0.4) is 0 Å². The summed E-state index contributed by atoms with van der Waals surface area (Å²) in [5.41, 5.74) is 7.66. The largest absolute Gasteiger partial charge is 0.273 e. The van der Waals surface area contributed by atoms with Gasteiger partial charge in [0.1, 0.15) is 0 Å². The van der Waals surface area contributed by atoms with Gasteiger partial charge in [0, 0.05) is 0 Å². The summed E-state index contributed by atoms with van der Waals surface area (Å²) in [6.45, 7) is 13.6. The van der Waals surface area contributed by atoms with Gasteiger partial charge in [-0.1, -0.05) is 76.3 Å². The van der Waals surface area contributed by atoms with Crippen LogP contribution in [0.1, 0.15) is 92.5 Å². The van der Waals surface area contributed by atoms with Crippen molar-refractivity contribution in [1.29, 1.82) is 0 Å². The van der Waals surface area contributed by atoms with Crippen molar-refractivity contribution in [1.82, 2.24) is 0 Å². The Morgan fingerprint density at radius 2 is 1.16 bits per heavy atom. The summed E-state index contributed by atoms with van der Waals surface area (Å²) < 4.78 is 76.7. The standard InChI is InChI=1S/C21H25.C15H8F6.C5H5.2ClH.Zr/c1-20(2,3)16-9-7-14-11-15-8-10-17(21(4,5)6)13-19(15)18(14)12-16;16-14(17,18)12-5-1-3-10(8-12)7-11-4-2-6-13(9-11)15(19,20)21;1-2-4-5-3-1;;;/h7,9-10,12-13H,11H2,1-6H3;1-6,8-9H;1-3H,4H2;2*1H;/q-1;;-1;;;+2. The van der Waals surface area contributed by atoms with E-state index in [1.54, 1.807) is 0 Å². The molecule has 0 saturated carbocycles. The van der Waals surface area contributed by atoms with E-state index in [1.807, 2.05) is 12.2 Å². The Bertz CT molecular complexity index is 1710. The maximum atomic E-state index is 12.7. The minimum absolute atomic E-state index is 0. The zero-order valence-electron chi connectivity index (χ0n) is 28.7. The second kappa shape index (κ2) is 17.2. The number of hydrogen-bond donors (Lipinski definition) is 0. The topological polar surface area (TPSA) is 0 Å². The van der Waals surface area contributed by atoms with Gasteiger partial charge in [-0.25, -0.2) is 12.2 Å². The summed E-state index contributed by atoms with van der Waals surface area (Å²) in [5, 5.41) is 0. The fraction of sp³-hybridized carbons (Fsp3) is 0.293. The maximum absolute atomic E-state index is 12.7. The molecule has 6 rings (SSSR count). The molecule has 0 N–H and O–H groups in total. The van der Waals surface area contributed by atoms with Crippen molar-refractivity contribution < 1.29 is 50.6 Å². The molecular formula is C41H40Cl2F6Zr. The fourth-order valence-corrected chi connectivity index (χ4v) is 5.96. The van der Waals surface area contributed by atoms with Crippen LogP contribution in [-0.2, 0) is 53.8 Å². The van der Waals surface area contributed by atoms with Gasteiger partial charge >= 0.3 is 137 Å². The third-order valence-electron chi connectivity index (χ3n) is 8.07. The van der Waals surface area contributed by atoms with Gasteiger partial charge in [-0.15, -0.1) is 36.8 Å². The van der Waals surface area contributed by atoms with Gasteiger partial charge in [-0.3, -0.25) is 6.08 Å². The van der Waals surface area contributed by atoms with Gasteiger partial charge in [-0.2, -0.15) is 35.4 Å². The molecule has 0 aromatic heterocycles. The third-order valence-corrected chi connectivity index (χ3v) is 9.49. The van der Waals surface area contributed by atoms with Crippen LogP contribution in [0.4, 0.5) is 26.3 Å². The molecule has 50 heavy (non-hydrogen) atoms. The van der Waals surface area contributed by atoms with Crippen molar-refractivity contribution in [3.05, 3.63) is 154 Å². The molecule has 0 aliphatic heterocycles. The Kier molecular flexibility index (Phi) is 14.9. The first-order valence-corrected chi connectivity index (χ1v) is 16.8. The molecule has 0 fully saturated rings. The Morgan fingerprint density at radius 3 is 1.58 bits per heavy atom. The van der Waals surface area contributed by atoms with E-state index in [-0.39, 0.29) is 46.8 Å². The van der Waals surface area contributed by atoms with E-state index in [1.165, 1.54) is 57.6 Å². The van der Waals surface area contributed by atoms with Gasteiger partial charge in [0.15, 0.2) is 0 Å². The van der Waals surface area contributed by atoms with Crippen molar-refractivity contribution in [2.45, 2.75) is 77.6 Å². The summed E-state index contributed by atoms with van der Waals surface area (Å²) in [7, 11) is 0. The molecule has 0 saturated heterocycles. The molecule has 4 aromatic rings. The van der Waals surface area contributed by atoms with Crippen LogP contribution in [-0.4, -0.2) is 3.21 Å². The Morgan fingerprint density at radius 1 is 0.640 bits per heavy atom. The number of hydrogen-bond acceptors (Lipinski definition) is 0. The summed E-state index contributed by atoms with van der Waals surface area (Å²) in [5.74, 6) is 0. The zero-order chi connectivity index (χ0) is 35.5. The van der Waals surface area contributed by atoms with E-state index in [4.69, 9.17) is 0 Å².